The summed E-state index contributed by atoms with van der Waals surface area (Å²) in [7, 11) is 0. The van der Waals surface area contributed by atoms with Crippen molar-refractivity contribution in [3.8, 4) is 0 Å². The zero-order valence-electron chi connectivity index (χ0n) is 15.5. The van der Waals surface area contributed by atoms with Gasteiger partial charge < -0.3 is 10.1 Å². The molecule has 5 aliphatic rings. The highest BCUT2D eigenvalue weighted by Gasteiger charge is 2.61. The number of ether oxygens (including phenoxy) is 1. The monoisotopic (exact) mass is 431 g/mol. The van der Waals surface area contributed by atoms with Gasteiger partial charge in [0.2, 0.25) is 6.10 Å². The molecule has 27 heavy (non-hydrogen) atoms. The van der Waals surface area contributed by atoms with E-state index in [4.69, 9.17) is 4.74 Å². The average Bonchev–Trinajstić information content (AvgIpc) is 3.42. The summed E-state index contributed by atoms with van der Waals surface area (Å²) in [5.41, 5.74) is 0.336. The molecule has 6 rings (SSSR count). The van der Waals surface area contributed by atoms with Crippen LogP contribution in [0.15, 0.2) is 30.3 Å². The Kier molecular flexibility index (Phi) is 4.15. The summed E-state index contributed by atoms with van der Waals surface area (Å²) in [6.45, 7) is 0. The molecule has 1 aromatic rings. The maximum Gasteiger partial charge on any atom is 0.313 e. The first-order chi connectivity index (χ1) is 12.9. The van der Waals surface area contributed by atoms with Crippen molar-refractivity contribution < 1.29 is 14.3 Å². The predicted molar refractivity (Wildman–Crippen MR) is 105 cm³/mol. The summed E-state index contributed by atoms with van der Waals surface area (Å²) >= 11 is 3.95. The Labute approximate surface area is 168 Å². The minimum absolute atomic E-state index is 0.0919. The van der Waals surface area contributed by atoms with Gasteiger partial charge in [-0.1, -0.05) is 46.3 Å². The van der Waals surface area contributed by atoms with Crippen LogP contribution in [0.3, 0.4) is 0 Å². The van der Waals surface area contributed by atoms with Gasteiger partial charge >= 0.3 is 5.97 Å². The fraction of sp³-hybridized carbons (Fsp3) is 0.636. The number of benzene rings is 1. The fourth-order valence-electron chi connectivity index (χ4n) is 6.03. The molecule has 1 aromatic carbocycles. The second-order valence-electron chi connectivity index (χ2n) is 9.37. The topological polar surface area (TPSA) is 55.4 Å². The zero-order chi connectivity index (χ0) is 18.6. The van der Waals surface area contributed by atoms with Crippen molar-refractivity contribution >= 4 is 27.8 Å². The Hall–Kier alpha value is -1.36. The van der Waals surface area contributed by atoms with Gasteiger partial charge in [-0.3, -0.25) is 9.59 Å². The summed E-state index contributed by atoms with van der Waals surface area (Å²) in [6, 6.07) is 9.67. The molecule has 3 atom stereocenters. The molecule has 5 heteroatoms. The highest BCUT2D eigenvalue weighted by atomic mass is 79.9. The quantitative estimate of drug-likeness (QED) is 0.558. The Morgan fingerprint density at radius 3 is 2.33 bits per heavy atom. The Morgan fingerprint density at radius 1 is 1.07 bits per heavy atom. The molecule has 0 aromatic heterocycles. The molecule has 144 valence electrons. The van der Waals surface area contributed by atoms with Gasteiger partial charge in [0.05, 0.1) is 5.41 Å². The number of alkyl halides is 1. The first-order valence-corrected chi connectivity index (χ1v) is 11.0. The van der Waals surface area contributed by atoms with E-state index in [9.17, 15) is 9.59 Å². The highest BCUT2D eigenvalue weighted by molar-refractivity contribution is 9.10. The predicted octanol–water partition coefficient (Wildman–Crippen LogP) is 4.28. The highest BCUT2D eigenvalue weighted by Crippen LogP contribution is 2.64. The van der Waals surface area contributed by atoms with Crippen LogP contribution in [0, 0.1) is 17.3 Å². The number of halogens is 1. The first kappa shape index (κ1) is 17.7. The molecule has 1 N–H and O–H groups in total. The zero-order valence-corrected chi connectivity index (χ0v) is 17.0. The Morgan fingerprint density at radius 2 is 1.74 bits per heavy atom. The van der Waals surface area contributed by atoms with E-state index < -0.39 is 11.5 Å². The number of carbonyl (C=O) groups excluding carboxylic acids is 2. The van der Waals surface area contributed by atoms with Crippen molar-refractivity contribution in [1.29, 1.82) is 0 Å². The van der Waals surface area contributed by atoms with Crippen LogP contribution >= 0.6 is 15.9 Å². The fourth-order valence-corrected chi connectivity index (χ4v) is 7.48. The van der Waals surface area contributed by atoms with E-state index in [2.05, 4.69) is 21.2 Å². The molecular formula is C22H26BrNO3. The van der Waals surface area contributed by atoms with Crippen LogP contribution in [0.5, 0.6) is 0 Å². The lowest BCUT2D eigenvalue weighted by Gasteiger charge is -2.58. The molecule has 3 unspecified atom stereocenters. The van der Waals surface area contributed by atoms with E-state index in [0.717, 1.165) is 37.7 Å². The van der Waals surface area contributed by atoms with Crippen molar-refractivity contribution in [1.82, 2.24) is 5.32 Å². The minimum atomic E-state index is -0.849. The van der Waals surface area contributed by atoms with E-state index in [1.165, 1.54) is 19.3 Å². The largest absolute Gasteiger partial charge is 0.447 e. The molecule has 0 heterocycles. The van der Waals surface area contributed by atoms with Gasteiger partial charge in [0.25, 0.3) is 5.91 Å². The summed E-state index contributed by atoms with van der Waals surface area (Å²) in [4.78, 5) is 26.2. The average molecular weight is 432 g/mol. The van der Waals surface area contributed by atoms with Crippen LogP contribution < -0.4 is 5.32 Å². The molecule has 4 bridgehead atoms. The number of hydrogen-bond acceptors (Lipinski definition) is 3. The minimum Gasteiger partial charge on any atom is -0.447 e. The Balaban J connectivity index is 1.39. The lowest BCUT2D eigenvalue weighted by Crippen LogP contribution is -2.56. The summed E-state index contributed by atoms with van der Waals surface area (Å²) in [5.74, 6) is 0.859. The number of nitrogens with one attached hydrogen (secondary N) is 1. The number of esters is 1. The van der Waals surface area contributed by atoms with Crippen LogP contribution in [0.1, 0.15) is 63.0 Å². The van der Waals surface area contributed by atoms with Gasteiger partial charge in [-0.05, 0) is 63.2 Å². The van der Waals surface area contributed by atoms with Gasteiger partial charge in [0.15, 0.2) is 0 Å². The maximum atomic E-state index is 13.4. The van der Waals surface area contributed by atoms with Crippen molar-refractivity contribution in [3.63, 3.8) is 0 Å². The van der Waals surface area contributed by atoms with Crippen LogP contribution in [-0.2, 0) is 14.3 Å². The number of carbonyl (C=O) groups is 2. The molecule has 1 amide bonds. The summed E-state index contributed by atoms with van der Waals surface area (Å²) in [5, 5.41) is 3.01. The molecule has 0 aliphatic heterocycles. The molecule has 5 saturated carbocycles. The number of hydrogen-bond donors (Lipinski definition) is 1. The Bertz CT molecular complexity index is 746. The molecule has 0 spiro atoms. The van der Waals surface area contributed by atoms with Crippen molar-refractivity contribution in [3.05, 3.63) is 35.9 Å². The number of amides is 1. The van der Waals surface area contributed by atoms with E-state index in [-0.39, 0.29) is 22.2 Å². The smallest absolute Gasteiger partial charge is 0.313 e. The maximum absolute atomic E-state index is 13.4. The third kappa shape index (κ3) is 3.32. The molecule has 0 radical (unpaired) electrons. The lowest BCUT2D eigenvalue weighted by molar-refractivity contribution is -0.178. The second-order valence-corrected chi connectivity index (χ2v) is 11.1. The molecule has 5 fully saturated rings. The van der Waals surface area contributed by atoms with Gasteiger partial charge in [-0.15, -0.1) is 0 Å². The van der Waals surface area contributed by atoms with E-state index in [0.29, 0.717) is 11.8 Å². The van der Waals surface area contributed by atoms with Crippen LogP contribution in [-0.4, -0.2) is 22.2 Å². The van der Waals surface area contributed by atoms with Crippen LogP contribution in [0.4, 0.5) is 0 Å². The SMILES string of the molecule is O=C(NC1CC1)C(OC(=O)C12CC3CC(CC(Br)(C3)C1)C2)c1ccccc1. The second kappa shape index (κ2) is 6.33. The van der Waals surface area contributed by atoms with Gasteiger partial charge in [0, 0.05) is 15.9 Å². The van der Waals surface area contributed by atoms with E-state index in [1.807, 2.05) is 30.3 Å². The van der Waals surface area contributed by atoms with Gasteiger partial charge in [-0.2, -0.15) is 0 Å². The third-order valence-electron chi connectivity index (χ3n) is 6.91. The van der Waals surface area contributed by atoms with E-state index in [1.54, 1.807) is 0 Å². The third-order valence-corrected chi connectivity index (χ3v) is 7.84. The van der Waals surface area contributed by atoms with Crippen LogP contribution in [0.25, 0.3) is 0 Å². The first-order valence-electron chi connectivity index (χ1n) is 10.2. The lowest BCUT2D eigenvalue weighted by atomic mass is 9.49. The molecule has 4 nitrogen and oxygen atoms in total. The summed E-state index contributed by atoms with van der Waals surface area (Å²) in [6.07, 6.45) is 7.44. The standard InChI is InChI=1S/C22H26BrNO3/c23-22-11-14-8-15(12-22)10-21(9-14,13-22)20(26)27-18(16-4-2-1-3-5-16)19(25)24-17-6-7-17/h1-5,14-15,17-18H,6-13H2,(H,24,25). The van der Waals surface area contributed by atoms with Crippen molar-refractivity contribution in [2.75, 3.05) is 0 Å². The van der Waals surface area contributed by atoms with Gasteiger partial charge in [0.1, 0.15) is 0 Å². The normalized spacial score (nSPS) is 37.7. The van der Waals surface area contributed by atoms with Gasteiger partial charge in [-0.25, -0.2) is 0 Å². The van der Waals surface area contributed by atoms with E-state index >= 15 is 0 Å². The van der Waals surface area contributed by atoms with Crippen molar-refractivity contribution in [2.45, 2.75) is 67.8 Å². The molecule has 5 aliphatic carbocycles. The molecule has 0 saturated heterocycles. The van der Waals surface area contributed by atoms with Crippen molar-refractivity contribution in [2.24, 2.45) is 17.3 Å². The molecular weight excluding hydrogens is 406 g/mol. The summed E-state index contributed by atoms with van der Waals surface area (Å²) < 4.78 is 6.08. The number of rotatable bonds is 5. The van der Waals surface area contributed by atoms with Crippen LogP contribution in [0.2, 0.25) is 0 Å².